The van der Waals surface area contributed by atoms with E-state index in [1.54, 1.807) is 6.26 Å². The molecule has 0 unspecified atom stereocenters. The first-order chi connectivity index (χ1) is 6.90. The molecule has 0 fully saturated rings. The first kappa shape index (κ1) is 9.03. The normalized spacial score (nSPS) is 11.5. The van der Waals surface area contributed by atoms with Gasteiger partial charge in [0.1, 0.15) is 5.58 Å². The van der Waals surface area contributed by atoms with Crippen LogP contribution in [-0.4, -0.2) is 6.54 Å². The fraction of sp³-hybridized carbons (Fsp3) is 0.167. The molecule has 0 radical (unpaired) electrons. The molecule has 1 heterocycles. The zero-order valence-electron chi connectivity index (χ0n) is 7.94. The first-order valence-corrected chi connectivity index (χ1v) is 4.74. The van der Waals surface area contributed by atoms with E-state index >= 15 is 0 Å². The van der Waals surface area contributed by atoms with Crippen LogP contribution >= 0.6 is 0 Å². The number of furan rings is 1. The lowest BCUT2D eigenvalue weighted by atomic mass is 10.1. The highest BCUT2D eigenvalue weighted by atomic mass is 16.3. The molecule has 0 saturated heterocycles. The Labute approximate surface area is 83.0 Å². The zero-order chi connectivity index (χ0) is 9.80. The van der Waals surface area contributed by atoms with Crippen LogP contribution < -0.4 is 5.73 Å². The summed E-state index contributed by atoms with van der Waals surface area (Å²) in [7, 11) is 0. The second kappa shape index (κ2) is 4.11. The van der Waals surface area contributed by atoms with Gasteiger partial charge in [-0.3, -0.25) is 0 Å². The van der Waals surface area contributed by atoms with Crippen LogP contribution in [0.3, 0.4) is 0 Å². The summed E-state index contributed by atoms with van der Waals surface area (Å²) in [6.45, 7) is 0.699. The Kier molecular flexibility index (Phi) is 2.65. The minimum absolute atomic E-state index is 0.699. The van der Waals surface area contributed by atoms with E-state index in [9.17, 15) is 0 Å². The van der Waals surface area contributed by atoms with Gasteiger partial charge >= 0.3 is 0 Å². The van der Waals surface area contributed by atoms with E-state index in [0.717, 1.165) is 17.4 Å². The maximum Gasteiger partial charge on any atom is 0.133 e. The summed E-state index contributed by atoms with van der Waals surface area (Å²) in [5, 5.41) is 1.14. The highest BCUT2D eigenvalue weighted by Gasteiger charge is 1.95. The number of nitrogens with two attached hydrogens (primary N) is 1. The van der Waals surface area contributed by atoms with Gasteiger partial charge in [0.2, 0.25) is 0 Å². The van der Waals surface area contributed by atoms with Crippen molar-refractivity contribution in [3.63, 3.8) is 0 Å². The van der Waals surface area contributed by atoms with Gasteiger partial charge in [0.05, 0.1) is 6.26 Å². The van der Waals surface area contributed by atoms with Crippen molar-refractivity contribution < 1.29 is 4.42 Å². The van der Waals surface area contributed by atoms with Gasteiger partial charge in [0.25, 0.3) is 0 Å². The third-order valence-electron chi connectivity index (χ3n) is 2.12. The van der Waals surface area contributed by atoms with Gasteiger partial charge in [-0.05, 0) is 36.7 Å². The average molecular weight is 187 g/mol. The van der Waals surface area contributed by atoms with E-state index in [0.29, 0.717) is 6.54 Å². The van der Waals surface area contributed by atoms with Crippen molar-refractivity contribution in [2.75, 3.05) is 6.54 Å². The molecule has 14 heavy (non-hydrogen) atoms. The summed E-state index contributed by atoms with van der Waals surface area (Å²) in [5.41, 5.74) is 7.52. The summed E-state index contributed by atoms with van der Waals surface area (Å²) < 4.78 is 5.25. The molecular weight excluding hydrogens is 174 g/mol. The average Bonchev–Trinajstić information content (AvgIpc) is 2.65. The zero-order valence-corrected chi connectivity index (χ0v) is 7.94. The second-order valence-corrected chi connectivity index (χ2v) is 3.20. The Hall–Kier alpha value is -1.54. The molecule has 0 saturated carbocycles. The van der Waals surface area contributed by atoms with Crippen molar-refractivity contribution in [2.24, 2.45) is 5.73 Å². The van der Waals surface area contributed by atoms with Crippen LogP contribution in [-0.2, 0) is 0 Å². The number of hydrogen-bond donors (Lipinski definition) is 1. The third-order valence-corrected chi connectivity index (χ3v) is 2.12. The summed E-state index contributed by atoms with van der Waals surface area (Å²) >= 11 is 0. The van der Waals surface area contributed by atoms with Gasteiger partial charge in [0.15, 0.2) is 0 Å². The largest absolute Gasteiger partial charge is 0.464 e. The highest BCUT2D eigenvalue weighted by molar-refractivity contribution is 5.79. The molecule has 2 N–H and O–H groups in total. The lowest BCUT2D eigenvalue weighted by molar-refractivity contribution is 0.616. The van der Waals surface area contributed by atoms with E-state index in [1.165, 1.54) is 5.56 Å². The van der Waals surface area contributed by atoms with Crippen molar-refractivity contribution in [3.8, 4) is 0 Å². The fourth-order valence-corrected chi connectivity index (χ4v) is 1.40. The predicted octanol–water partition coefficient (Wildman–Crippen LogP) is 2.79. The van der Waals surface area contributed by atoms with Crippen LogP contribution in [0.15, 0.2) is 41.0 Å². The number of fused-ring (bicyclic) bond motifs is 1. The van der Waals surface area contributed by atoms with Gasteiger partial charge in [-0.2, -0.15) is 0 Å². The molecule has 2 heteroatoms. The van der Waals surface area contributed by atoms with E-state index in [-0.39, 0.29) is 0 Å². The molecule has 0 bridgehead atoms. The molecule has 2 nitrogen and oxygen atoms in total. The van der Waals surface area contributed by atoms with E-state index in [4.69, 9.17) is 10.2 Å². The molecule has 0 spiro atoms. The van der Waals surface area contributed by atoms with Crippen molar-refractivity contribution in [3.05, 3.63) is 42.2 Å². The molecule has 0 atom stereocenters. The molecule has 1 aromatic carbocycles. The Morgan fingerprint density at radius 3 is 3.07 bits per heavy atom. The van der Waals surface area contributed by atoms with Crippen molar-refractivity contribution in [1.82, 2.24) is 0 Å². The fourth-order valence-electron chi connectivity index (χ4n) is 1.40. The molecule has 0 aliphatic carbocycles. The van der Waals surface area contributed by atoms with E-state index < -0.39 is 0 Å². The summed E-state index contributed by atoms with van der Waals surface area (Å²) in [6.07, 6.45) is 6.79. The highest BCUT2D eigenvalue weighted by Crippen LogP contribution is 2.17. The lowest BCUT2D eigenvalue weighted by Gasteiger charge is -1.93. The maximum absolute atomic E-state index is 5.40. The first-order valence-electron chi connectivity index (χ1n) is 4.74. The standard InChI is InChI=1S/C12H13NO/c13-7-2-1-3-10-4-5-12-11(9-10)6-8-14-12/h1,3-6,8-9H,2,7,13H2. The third kappa shape index (κ3) is 1.86. The number of benzene rings is 1. The molecular formula is C12H13NO. The van der Waals surface area contributed by atoms with Crippen molar-refractivity contribution in [1.29, 1.82) is 0 Å². The smallest absolute Gasteiger partial charge is 0.133 e. The molecule has 1 aromatic heterocycles. The Morgan fingerprint density at radius 2 is 2.21 bits per heavy atom. The molecule has 0 amide bonds. The molecule has 2 aromatic rings. The van der Waals surface area contributed by atoms with Gasteiger partial charge < -0.3 is 10.2 Å². The molecule has 72 valence electrons. The number of hydrogen-bond acceptors (Lipinski definition) is 2. The van der Waals surface area contributed by atoms with Crippen LogP contribution in [0.5, 0.6) is 0 Å². The Balaban J connectivity index is 2.25. The SMILES string of the molecule is NCCC=Cc1ccc2occc2c1. The minimum atomic E-state index is 0.699. The van der Waals surface area contributed by atoms with Gasteiger partial charge in [0, 0.05) is 5.39 Å². The van der Waals surface area contributed by atoms with Crippen LogP contribution in [0, 0.1) is 0 Å². The van der Waals surface area contributed by atoms with Crippen molar-refractivity contribution >= 4 is 17.0 Å². The van der Waals surface area contributed by atoms with Gasteiger partial charge in [-0.15, -0.1) is 0 Å². The summed E-state index contributed by atoms with van der Waals surface area (Å²) in [4.78, 5) is 0. The van der Waals surface area contributed by atoms with E-state index in [1.807, 2.05) is 18.2 Å². The van der Waals surface area contributed by atoms with Crippen molar-refractivity contribution in [2.45, 2.75) is 6.42 Å². The number of rotatable bonds is 3. The second-order valence-electron chi connectivity index (χ2n) is 3.20. The monoisotopic (exact) mass is 187 g/mol. The van der Waals surface area contributed by atoms with Crippen LogP contribution in [0.2, 0.25) is 0 Å². The van der Waals surface area contributed by atoms with Gasteiger partial charge in [-0.1, -0.05) is 18.2 Å². The lowest BCUT2D eigenvalue weighted by Crippen LogP contribution is -1.94. The van der Waals surface area contributed by atoms with E-state index in [2.05, 4.69) is 18.2 Å². The summed E-state index contributed by atoms with van der Waals surface area (Å²) in [5.74, 6) is 0. The predicted molar refractivity (Wildman–Crippen MR) is 58.9 cm³/mol. The maximum atomic E-state index is 5.40. The minimum Gasteiger partial charge on any atom is -0.464 e. The summed E-state index contributed by atoms with van der Waals surface area (Å²) in [6, 6.07) is 8.09. The molecule has 2 rings (SSSR count). The van der Waals surface area contributed by atoms with Crippen LogP contribution in [0.4, 0.5) is 0 Å². The quantitative estimate of drug-likeness (QED) is 0.802. The molecule has 0 aliphatic rings. The Morgan fingerprint density at radius 1 is 1.29 bits per heavy atom. The van der Waals surface area contributed by atoms with Crippen LogP contribution in [0.25, 0.3) is 17.0 Å². The van der Waals surface area contributed by atoms with Crippen LogP contribution in [0.1, 0.15) is 12.0 Å². The van der Waals surface area contributed by atoms with Gasteiger partial charge in [-0.25, -0.2) is 0 Å². The topological polar surface area (TPSA) is 39.2 Å². The molecule has 0 aliphatic heterocycles. The Bertz CT molecular complexity index is 442.